The van der Waals surface area contributed by atoms with Crippen molar-refractivity contribution in [3.63, 3.8) is 0 Å². The molecule has 1 aromatic heterocycles. The summed E-state index contributed by atoms with van der Waals surface area (Å²) in [7, 11) is 0. The van der Waals surface area contributed by atoms with Crippen LogP contribution in [0.25, 0.3) is 5.69 Å². The standard InChI is InChI=1S/C13H12ClN3O/c14-10-6-13(18)17(8-10)12-3-1-2-11(7-12)16-5-4-15-9-16/h1-5,7,9-10H,6,8H2. The van der Waals surface area contributed by atoms with Crippen LogP contribution in [0.3, 0.4) is 0 Å². The van der Waals surface area contributed by atoms with E-state index in [-0.39, 0.29) is 11.3 Å². The van der Waals surface area contributed by atoms with Crippen LogP contribution in [-0.4, -0.2) is 27.4 Å². The van der Waals surface area contributed by atoms with Crippen molar-refractivity contribution in [2.75, 3.05) is 11.4 Å². The Morgan fingerprint density at radius 1 is 1.33 bits per heavy atom. The van der Waals surface area contributed by atoms with Crippen LogP contribution in [0.15, 0.2) is 43.0 Å². The Morgan fingerprint density at radius 2 is 2.17 bits per heavy atom. The lowest BCUT2D eigenvalue weighted by Crippen LogP contribution is -2.24. The van der Waals surface area contributed by atoms with Crippen molar-refractivity contribution in [1.29, 1.82) is 0 Å². The second-order valence-electron chi connectivity index (χ2n) is 4.30. The second-order valence-corrected chi connectivity index (χ2v) is 4.91. The minimum absolute atomic E-state index is 0.0813. The van der Waals surface area contributed by atoms with Gasteiger partial charge in [-0.15, -0.1) is 11.6 Å². The van der Waals surface area contributed by atoms with E-state index in [4.69, 9.17) is 11.6 Å². The summed E-state index contributed by atoms with van der Waals surface area (Å²) in [5, 5.41) is -0.0885. The van der Waals surface area contributed by atoms with Crippen molar-refractivity contribution >= 4 is 23.2 Å². The number of alkyl halides is 1. The van der Waals surface area contributed by atoms with E-state index in [0.29, 0.717) is 13.0 Å². The molecule has 1 aromatic carbocycles. The van der Waals surface area contributed by atoms with Gasteiger partial charge >= 0.3 is 0 Å². The molecule has 3 rings (SSSR count). The largest absolute Gasteiger partial charge is 0.311 e. The van der Waals surface area contributed by atoms with Crippen molar-refractivity contribution in [3.05, 3.63) is 43.0 Å². The fourth-order valence-corrected chi connectivity index (χ4v) is 2.42. The summed E-state index contributed by atoms with van der Waals surface area (Å²) in [5.74, 6) is 0.0813. The van der Waals surface area contributed by atoms with Crippen LogP contribution in [0.4, 0.5) is 5.69 Å². The molecular formula is C13H12ClN3O. The molecule has 2 heterocycles. The van der Waals surface area contributed by atoms with Gasteiger partial charge in [0, 0.05) is 36.7 Å². The number of carbonyl (C=O) groups is 1. The zero-order chi connectivity index (χ0) is 12.5. The number of imidazole rings is 1. The van der Waals surface area contributed by atoms with Crippen LogP contribution in [0.5, 0.6) is 0 Å². The predicted molar refractivity (Wildman–Crippen MR) is 70.2 cm³/mol. The number of amides is 1. The summed E-state index contributed by atoms with van der Waals surface area (Å²) in [5.41, 5.74) is 1.87. The molecule has 2 aromatic rings. The molecule has 0 radical (unpaired) electrons. The molecule has 0 saturated carbocycles. The second kappa shape index (κ2) is 4.46. The monoisotopic (exact) mass is 261 g/mol. The number of anilines is 1. The summed E-state index contributed by atoms with van der Waals surface area (Å²) in [4.78, 5) is 17.6. The third-order valence-corrected chi connectivity index (χ3v) is 3.31. The number of aromatic nitrogens is 2. The summed E-state index contributed by atoms with van der Waals surface area (Å²) in [6, 6.07) is 7.80. The van der Waals surface area contributed by atoms with Crippen LogP contribution < -0.4 is 4.90 Å². The molecule has 1 amide bonds. The van der Waals surface area contributed by atoms with Gasteiger partial charge in [-0.1, -0.05) is 6.07 Å². The lowest BCUT2D eigenvalue weighted by Gasteiger charge is -2.16. The quantitative estimate of drug-likeness (QED) is 0.778. The number of carbonyl (C=O) groups excluding carboxylic acids is 1. The van der Waals surface area contributed by atoms with Gasteiger partial charge in [0.15, 0.2) is 0 Å². The number of nitrogens with zero attached hydrogens (tertiary/aromatic N) is 3. The summed E-state index contributed by atoms with van der Waals surface area (Å²) in [6.45, 7) is 0.577. The average molecular weight is 262 g/mol. The first-order chi connectivity index (χ1) is 8.74. The lowest BCUT2D eigenvalue weighted by atomic mass is 10.2. The minimum Gasteiger partial charge on any atom is -0.311 e. The van der Waals surface area contributed by atoms with Crippen molar-refractivity contribution in [1.82, 2.24) is 9.55 Å². The van der Waals surface area contributed by atoms with Gasteiger partial charge in [-0.2, -0.15) is 0 Å². The van der Waals surface area contributed by atoms with Gasteiger partial charge < -0.3 is 9.47 Å². The maximum atomic E-state index is 11.8. The van der Waals surface area contributed by atoms with Gasteiger partial charge in [0.05, 0.1) is 11.7 Å². The molecule has 0 N–H and O–H groups in total. The zero-order valence-electron chi connectivity index (χ0n) is 9.66. The van der Waals surface area contributed by atoms with Crippen molar-refractivity contribution < 1.29 is 4.79 Å². The maximum absolute atomic E-state index is 11.8. The first kappa shape index (κ1) is 11.3. The SMILES string of the molecule is O=C1CC(Cl)CN1c1cccc(-n2ccnc2)c1. The van der Waals surface area contributed by atoms with Crippen LogP contribution in [0.1, 0.15) is 6.42 Å². The van der Waals surface area contributed by atoms with E-state index in [1.54, 1.807) is 17.4 Å². The van der Waals surface area contributed by atoms with E-state index < -0.39 is 0 Å². The summed E-state index contributed by atoms with van der Waals surface area (Å²) in [6.07, 6.45) is 5.74. The highest BCUT2D eigenvalue weighted by Crippen LogP contribution is 2.25. The molecule has 1 aliphatic heterocycles. The Kier molecular flexibility index (Phi) is 2.80. The summed E-state index contributed by atoms with van der Waals surface area (Å²) < 4.78 is 1.90. The Bertz CT molecular complexity index is 567. The smallest absolute Gasteiger partial charge is 0.228 e. The van der Waals surface area contributed by atoms with Crippen LogP contribution in [0, 0.1) is 0 Å². The Balaban J connectivity index is 1.94. The van der Waals surface area contributed by atoms with Crippen LogP contribution >= 0.6 is 11.6 Å². The Hall–Kier alpha value is -1.81. The van der Waals surface area contributed by atoms with E-state index in [1.807, 2.05) is 35.0 Å². The van der Waals surface area contributed by atoms with E-state index in [0.717, 1.165) is 11.4 Å². The molecule has 1 fully saturated rings. The molecule has 4 nitrogen and oxygen atoms in total. The van der Waals surface area contributed by atoms with Crippen molar-refractivity contribution in [3.8, 4) is 5.69 Å². The average Bonchev–Trinajstić information content (AvgIpc) is 2.99. The first-order valence-corrected chi connectivity index (χ1v) is 6.20. The molecule has 5 heteroatoms. The molecule has 1 unspecified atom stereocenters. The van der Waals surface area contributed by atoms with E-state index in [2.05, 4.69) is 4.98 Å². The fourth-order valence-electron chi connectivity index (χ4n) is 2.15. The van der Waals surface area contributed by atoms with E-state index in [1.165, 1.54) is 0 Å². The van der Waals surface area contributed by atoms with Gasteiger partial charge in [-0.25, -0.2) is 4.98 Å². The molecule has 18 heavy (non-hydrogen) atoms. The van der Waals surface area contributed by atoms with Gasteiger partial charge in [0.1, 0.15) is 0 Å². The Morgan fingerprint density at radius 3 is 2.83 bits per heavy atom. The molecule has 1 saturated heterocycles. The van der Waals surface area contributed by atoms with Crippen molar-refractivity contribution in [2.45, 2.75) is 11.8 Å². The molecule has 0 aliphatic carbocycles. The summed E-state index contributed by atoms with van der Waals surface area (Å²) >= 11 is 6.01. The number of benzene rings is 1. The Labute approximate surface area is 110 Å². The van der Waals surface area contributed by atoms with Gasteiger partial charge in [0.25, 0.3) is 0 Å². The van der Waals surface area contributed by atoms with Gasteiger partial charge in [-0.05, 0) is 18.2 Å². The third kappa shape index (κ3) is 1.99. The number of rotatable bonds is 2. The maximum Gasteiger partial charge on any atom is 0.228 e. The lowest BCUT2D eigenvalue weighted by molar-refractivity contribution is -0.117. The van der Waals surface area contributed by atoms with Crippen molar-refractivity contribution in [2.24, 2.45) is 0 Å². The van der Waals surface area contributed by atoms with Gasteiger partial charge in [0.2, 0.25) is 5.91 Å². The molecule has 1 aliphatic rings. The first-order valence-electron chi connectivity index (χ1n) is 5.77. The number of hydrogen-bond donors (Lipinski definition) is 0. The van der Waals surface area contributed by atoms with Crippen LogP contribution in [0.2, 0.25) is 0 Å². The van der Waals surface area contributed by atoms with Gasteiger partial charge in [-0.3, -0.25) is 4.79 Å². The highest BCUT2D eigenvalue weighted by atomic mass is 35.5. The highest BCUT2D eigenvalue weighted by Gasteiger charge is 2.29. The third-order valence-electron chi connectivity index (χ3n) is 3.02. The minimum atomic E-state index is -0.0885. The number of halogens is 1. The molecular weight excluding hydrogens is 250 g/mol. The highest BCUT2D eigenvalue weighted by molar-refractivity contribution is 6.24. The zero-order valence-corrected chi connectivity index (χ0v) is 10.4. The van der Waals surface area contributed by atoms with E-state index >= 15 is 0 Å². The fraction of sp³-hybridized carbons (Fsp3) is 0.231. The molecule has 0 bridgehead atoms. The molecule has 0 spiro atoms. The molecule has 92 valence electrons. The number of hydrogen-bond acceptors (Lipinski definition) is 2. The normalized spacial score (nSPS) is 19.5. The van der Waals surface area contributed by atoms with E-state index in [9.17, 15) is 4.79 Å². The molecule has 1 atom stereocenters. The topological polar surface area (TPSA) is 38.1 Å². The van der Waals surface area contributed by atoms with Crippen LogP contribution in [-0.2, 0) is 4.79 Å². The predicted octanol–water partition coefficient (Wildman–Crippen LogP) is 2.22.